The lowest BCUT2D eigenvalue weighted by molar-refractivity contribution is 0.243. The minimum absolute atomic E-state index is 0.218. The smallest absolute Gasteiger partial charge is 0.232 e. The van der Waals surface area contributed by atoms with E-state index in [1.165, 1.54) is 0 Å². The number of nitrogens with one attached hydrogen (secondary N) is 1. The maximum absolute atomic E-state index is 6.02. The first-order valence-electron chi connectivity index (χ1n) is 11.0. The highest BCUT2D eigenvalue weighted by atomic mass is 16.5. The second kappa shape index (κ2) is 9.30. The summed E-state index contributed by atoms with van der Waals surface area (Å²) in [4.78, 5) is 18.0. The van der Waals surface area contributed by atoms with Gasteiger partial charge in [-0.05, 0) is 23.6 Å². The average molecular weight is 442 g/mol. The third-order valence-corrected chi connectivity index (χ3v) is 5.90. The summed E-state index contributed by atoms with van der Waals surface area (Å²) in [5.41, 5.74) is 8.09. The van der Waals surface area contributed by atoms with Crippen molar-refractivity contribution in [1.29, 1.82) is 0 Å². The maximum Gasteiger partial charge on any atom is 0.232 e. The predicted octanol–water partition coefficient (Wildman–Crippen LogP) is 3.68. The first-order valence-corrected chi connectivity index (χ1v) is 11.0. The molecule has 0 aliphatic carbocycles. The van der Waals surface area contributed by atoms with Crippen LogP contribution in [-0.4, -0.2) is 53.1 Å². The Bertz CT molecular complexity index is 1250. The molecule has 0 amide bonds. The molecule has 0 spiro atoms. The number of benzene rings is 3. The molecule has 1 aromatic heterocycles. The Labute approximate surface area is 193 Å². The number of nitrogens with two attached hydrogens (primary N) is 1. The van der Waals surface area contributed by atoms with E-state index in [2.05, 4.69) is 54.3 Å². The molecule has 33 heavy (non-hydrogen) atoms. The minimum Gasteiger partial charge on any atom is -0.495 e. The first-order chi connectivity index (χ1) is 16.2. The molecule has 1 aliphatic heterocycles. The molecule has 2 heterocycles. The molecule has 1 fully saturated rings. The van der Waals surface area contributed by atoms with Crippen molar-refractivity contribution >= 4 is 34.0 Å². The zero-order chi connectivity index (χ0) is 22.6. The Morgan fingerprint density at radius 1 is 0.879 bits per heavy atom. The second-order valence-electron chi connectivity index (χ2n) is 8.02. The molecule has 3 aromatic carbocycles. The molecule has 168 valence electrons. The van der Waals surface area contributed by atoms with Crippen LogP contribution in [0.1, 0.15) is 5.82 Å². The monoisotopic (exact) mass is 441 g/mol. The number of ether oxygens (including phenoxy) is 1. The number of rotatable bonds is 6. The second-order valence-corrected chi connectivity index (χ2v) is 8.02. The van der Waals surface area contributed by atoms with Gasteiger partial charge in [0.2, 0.25) is 11.9 Å². The van der Waals surface area contributed by atoms with Crippen LogP contribution in [0.2, 0.25) is 0 Å². The molecule has 8 nitrogen and oxygen atoms in total. The molecule has 1 saturated heterocycles. The molecular formula is C25H27N7O. The van der Waals surface area contributed by atoms with Gasteiger partial charge in [0.05, 0.1) is 19.3 Å². The number of aromatic nitrogens is 3. The van der Waals surface area contributed by atoms with Gasteiger partial charge in [0.15, 0.2) is 0 Å². The number of anilines is 4. The van der Waals surface area contributed by atoms with E-state index < -0.39 is 0 Å². The molecule has 0 unspecified atom stereocenters. The lowest BCUT2D eigenvalue weighted by Crippen LogP contribution is -2.46. The van der Waals surface area contributed by atoms with Gasteiger partial charge in [0, 0.05) is 37.3 Å². The highest BCUT2D eigenvalue weighted by Crippen LogP contribution is 2.29. The van der Waals surface area contributed by atoms with Crippen LogP contribution in [0.25, 0.3) is 10.8 Å². The van der Waals surface area contributed by atoms with Crippen LogP contribution in [0.4, 0.5) is 23.3 Å². The number of methoxy groups -OCH3 is 1. The molecule has 5 rings (SSSR count). The highest BCUT2D eigenvalue weighted by molar-refractivity contribution is 5.94. The maximum atomic E-state index is 6.02. The average Bonchev–Trinajstić information content (AvgIpc) is 2.84. The summed E-state index contributed by atoms with van der Waals surface area (Å²) in [5, 5.41) is 5.58. The van der Waals surface area contributed by atoms with Crippen molar-refractivity contribution in [2.45, 2.75) is 6.54 Å². The standard InChI is InChI=1S/C25H27N7O/c1-33-22-12-5-4-11-21(22)32-15-13-31(14-16-32)17-23-28-24(26)30-25(29-23)27-20-10-6-8-18-7-2-3-9-19(18)20/h2-12H,13-17H2,1H3,(H3,26,27,28,29,30). The van der Waals surface area contributed by atoms with E-state index in [1.54, 1.807) is 7.11 Å². The molecule has 0 atom stereocenters. The van der Waals surface area contributed by atoms with Crippen LogP contribution < -0.4 is 20.7 Å². The summed E-state index contributed by atoms with van der Waals surface area (Å²) in [6.07, 6.45) is 0. The number of nitrogen functional groups attached to an aromatic ring is 1. The van der Waals surface area contributed by atoms with E-state index in [-0.39, 0.29) is 5.95 Å². The number of hydrogen-bond donors (Lipinski definition) is 2. The molecule has 0 radical (unpaired) electrons. The van der Waals surface area contributed by atoms with Crippen molar-refractivity contribution in [2.24, 2.45) is 0 Å². The van der Waals surface area contributed by atoms with Crippen LogP contribution in [0.3, 0.4) is 0 Å². The van der Waals surface area contributed by atoms with E-state index in [1.807, 2.05) is 42.5 Å². The van der Waals surface area contributed by atoms with Gasteiger partial charge in [-0.25, -0.2) is 0 Å². The molecule has 1 aliphatic rings. The van der Waals surface area contributed by atoms with Crippen LogP contribution in [0.5, 0.6) is 5.75 Å². The first kappa shape index (κ1) is 21.0. The summed E-state index contributed by atoms with van der Waals surface area (Å²) in [5.74, 6) is 2.24. The van der Waals surface area contributed by atoms with Crippen molar-refractivity contribution in [3.63, 3.8) is 0 Å². The lowest BCUT2D eigenvalue weighted by Gasteiger charge is -2.36. The number of piperazine rings is 1. The zero-order valence-electron chi connectivity index (χ0n) is 18.6. The molecule has 8 heteroatoms. The number of hydrogen-bond acceptors (Lipinski definition) is 8. The van der Waals surface area contributed by atoms with Gasteiger partial charge in [0.25, 0.3) is 0 Å². The normalized spacial score (nSPS) is 14.4. The Balaban J connectivity index is 1.27. The highest BCUT2D eigenvalue weighted by Gasteiger charge is 2.20. The van der Waals surface area contributed by atoms with Crippen LogP contribution in [-0.2, 0) is 6.54 Å². The van der Waals surface area contributed by atoms with Crippen molar-refractivity contribution in [1.82, 2.24) is 19.9 Å². The van der Waals surface area contributed by atoms with Gasteiger partial charge in [-0.1, -0.05) is 48.5 Å². The SMILES string of the molecule is COc1ccccc1N1CCN(Cc2nc(N)nc(Nc3cccc4ccccc34)n2)CC1. The molecule has 0 saturated carbocycles. The number of nitrogens with zero attached hydrogens (tertiary/aromatic N) is 5. The van der Waals surface area contributed by atoms with Gasteiger partial charge >= 0.3 is 0 Å². The van der Waals surface area contributed by atoms with E-state index >= 15 is 0 Å². The van der Waals surface area contributed by atoms with Crippen LogP contribution in [0.15, 0.2) is 66.7 Å². The zero-order valence-corrected chi connectivity index (χ0v) is 18.6. The number of para-hydroxylation sites is 2. The summed E-state index contributed by atoms with van der Waals surface area (Å²) in [7, 11) is 1.71. The minimum atomic E-state index is 0.218. The summed E-state index contributed by atoms with van der Waals surface area (Å²) in [6, 6.07) is 22.4. The fourth-order valence-electron chi connectivity index (χ4n) is 4.26. The van der Waals surface area contributed by atoms with E-state index in [0.29, 0.717) is 18.3 Å². The van der Waals surface area contributed by atoms with Crippen molar-refractivity contribution in [3.8, 4) is 5.75 Å². The van der Waals surface area contributed by atoms with E-state index in [0.717, 1.165) is 54.1 Å². The summed E-state index contributed by atoms with van der Waals surface area (Å²) >= 11 is 0. The molecule has 3 N–H and O–H groups in total. The van der Waals surface area contributed by atoms with Crippen molar-refractivity contribution < 1.29 is 4.74 Å². The lowest BCUT2D eigenvalue weighted by atomic mass is 10.1. The Kier molecular flexibility index (Phi) is 5.91. The van der Waals surface area contributed by atoms with Crippen LogP contribution in [0, 0.1) is 0 Å². The predicted molar refractivity (Wildman–Crippen MR) is 132 cm³/mol. The summed E-state index contributed by atoms with van der Waals surface area (Å²) in [6.45, 7) is 4.23. The third-order valence-electron chi connectivity index (χ3n) is 5.90. The fraction of sp³-hybridized carbons (Fsp3) is 0.240. The summed E-state index contributed by atoms with van der Waals surface area (Å²) < 4.78 is 5.52. The quantitative estimate of drug-likeness (QED) is 0.468. The fourth-order valence-corrected chi connectivity index (χ4v) is 4.26. The Morgan fingerprint density at radius 2 is 1.64 bits per heavy atom. The number of fused-ring (bicyclic) bond motifs is 1. The van der Waals surface area contributed by atoms with Crippen molar-refractivity contribution in [3.05, 3.63) is 72.6 Å². The molecular weight excluding hydrogens is 414 g/mol. The van der Waals surface area contributed by atoms with Gasteiger partial charge in [-0.15, -0.1) is 0 Å². The Morgan fingerprint density at radius 3 is 2.48 bits per heavy atom. The van der Waals surface area contributed by atoms with E-state index in [4.69, 9.17) is 10.5 Å². The van der Waals surface area contributed by atoms with Gasteiger partial charge in [-0.2, -0.15) is 15.0 Å². The Hall–Kier alpha value is -3.91. The van der Waals surface area contributed by atoms with E-state index in [9.17, 15) is 0 Å². The van der Waals surface area contributed by atoms with Crippen LogP contribution >= 0.6 is 0 Å². The van der Waals surface area contributed by atoms with Gasteiger partial charge in [0.1, 0.15) is 11.6 Å². The largest absolute Gasteiger partial charge is 0.495 e. The van der Waals surface area contributed by atoms with Crippen molar-refractivity contribution in [2.75, 3.05) is 49.2 Å². The molecule has 0 bridgehead atoms. The topological polar surface area (TPSA) is 92.4 Å². The third kappa shape index (κ3) is 4.65. The van der Waals surface area contributed by atoms with Gasteiger partial charge in [-0.3, -0.25) is 4.90 Å². The molecule has 4 aromatic rings. The van der Waals surface area contributed by atoms with Gasteiger partial charge < -0.3 is 20.7 Å².